The quantitative estimate of drug-likeness (QED) is 0.563. The van der Waals surface area contributed by atoms with Crippen molar-refractivity contribution < 1.29 is 14.3 Å². The van der Waals surface area contributed by atoms with Crippen LogP contribution in [0.3, 0.4) is 0 Å². The molecule has 1 N–H and O–H groups in total. The number of carbonyl (C=O) groups is 2. The Morgan fingerprint density at radius 3 is 2.63 bits per heavy atom. The monoisotopic (exact) mass is 423 g/mol. The topological polar surface area (TPSA) is 82.4 Å². The number of benzene rings is 2. The zero-order valence-electron chi connectivity index (χ0n) is 17.2. The van der Waals surface area contributed by atoms with Crippen LogP contribution in [-0.4, -0.2) is 25.5 Å². The molecule has 2 aromatic carbocycles. The number of nitrogens with one attached hydrogen (secondary N) is 1. The minimum atomic E-state index is -0.679. The number of anilines is 2. The average Bonchev–Trinajstić information content (AvgIpc) is 2.97. The summed E-state index contributed by atoms with van der Waals surface area (Å²) in [6.45, 7) is 6.29. The summed E-state index contributed by atoms with van der Waals surface area (Å²) < 4.78 is 5.29. The molecule has 6 nitrogen and oxygen atoms in total. The van der Waals surface area contributed by atoms with E-state index in [0.29, 0.717) is 34.3 Å². The van der Waals surface area contributed by atoms with Gasteiger partial charge in [0.2, 0.25) is 0 Å². The zero-order chi connectivity index (χ0) is 22.0. The average molecular weight is 424 g/mol. The fourth-order valence-electron chi connectivity index (χ4n) is 3.40. The van der Waals surface area contributed by atoms with Gasteiger partial charge in [0.15, 0.2) is 0 Å². The Labute approximate surface area is 180 Å². The van der Waals surface area contributed by atoms with E-state index in [2.05, 4.69) is 5.32 Å². The van der Waals surface area contributed by atoms with E-state index in [1.54, 1.807) is 36.1 Å². The highest BCUT2D eigenvalue weighted by Crippen LogP contribution is 2.39. The van der Waals surface area contributed by atoms with Gasteiger partial charge in [0.1, 0.15) is 17.4 Å². The Morgan fingerprint density at radius 2 is 2.00 bits per heavy atom. The van der Waals surface area contributed by atoms with Gasteiger partial charge in [-0.1, -0.05) is 43.6 Å². The SMILES string of the molecule is COc1cc(Cl)c(C)cc1NC(=O)C(C#N)=C1C(=O)N(CC(C)C)c2ccccc21. The maximum absolute atomic E-state index is 13.2. The molecule has 0 fully saturated rings. The molecule has 1 aliphatic heterocycles. The highest BCUT2D eigenvalue weighted by molar-refractivity contribution is 6.38. The zero-order valence-corrected chi connectivity index (χ0v) is 18.0. The predicted molar refractivity (Wildman–Crippen MR) is 118 cm³/mol. The second kappa shape index (κ2) is 8.60. The van der Waals surface area contributed by atoms with Gasteiger partial charge in [-0.25, -0.2) is 0 Å². The first-order chi connectivity index (χ1) is 14.3. The largest absolute Gasteiger partial charge is 0.495 e. The van der Waals surface area contributed by atoms with Crippen LogP contribution in [0.15, 0.2) is 42.0 Å². The van der Waals surface area contributed by atoms with Gasteiger partial charge in [-0.05, 0) is 30.5 Å². The summed E-state index contributed by atoms with van der Waals surface area (Å²) in [6, 6.07) is 12.4. The molecule has 0 radical (unpaired) electrons. The van der Waals surface area contributed by atoms with Gasteiger partial charge in [-0.15, -0.1) is 0 Å². The van der Waals surface area contributed by atoms with Gasteiger partial charge in [0.25, 0.3) is 11.8 Å². The lowest BCUT2D eigenvalue weighted by molar-refractivity contribution is -0.114. The Morgan fingerprint density at radius 1 is 1.30 bits per heavy atom. The number of hydrogen-bond donors (Lipinski definition) is 1. The Hall–Kier alpha value is -3.30. The molecule has 0 unspecified atom stereocenters. The molecular formula is C23H22ClN3O3. The summed E-state index contributed by atoms with van der Waals surface area (Å²) in [4.78, 5) is 27.8. The van der Waals surface area contributed by atoms with Crippen LogP contribution in [0.1, 0.15) is 25.0 Å². The molecule has 30 heavy (non-hydrogen) atoms. The van der Waals surface area contributed by atoms with Gasteiger partial charge >= 0.3 is 0 Å². The van der Waals surface area contributed by atoms with Crippen molar-refractivity contribution in [3.05, 3.63) is 58.1 Å². The van der Waals surface area contributed by atoms with Crippen molar-refractivity contribution in [3.8, 4) is 11.8 Å². The van der Waals surface area contributed by atoms with Crippen molar-refractivity contribution in [1.29, 1.82) is 5.26 Å². The minimum Gasteiger partial charge on any atom is -0.495 e. The summed E-state index contributed by atoms with van der Waals surface area (Å²) in [7, 11) is 1.46. The number of carbonyl (C=O) groups excluding carboxylic acids is 2. The molecule has 0 saturated carbocycles. The van der Waals surface area contributed by atoms with Crippen molar-refractivity contribution in [2.75, 3.05) is 23.9 Å². The molecule has 3 rings (SSSR count). The molecule has 1 heterocycles. The molecule has 0 saturated heterocycles. The van der Waals surface area contributed by atoms with E-state index in [9.17, 15) is 14.9 Å². The van der Waals surface area contributed by atoms with Crippen LogP contribution in [0.2, 0.25) is 5.02 Å². The number of amides is 2. The number of rotatable bonds is 5. The molecule has 1 aliphatic rings. The number of nitrogens with zero attached hydrogens (tertiary/aromatic N) is 2. The summed E-state index contributed by atoms with van der Waals surface area (Å²) in [6.07, 6.45) is 0. The molecule has 154 valence electrons. The molecule has 0 atom stereocenters. The third kappa shape index (κ3) is 3.89. The maximum atomic E-state index is 13.2. The standard InChI is InChI=1S/C23H22ClN3O3/c1-13(2)12-27-19-8-6-5-7-15(19)21(23(27)29)16(11-25)22(28)26-18-9-14(3)17(24)10-20(18)30-4/h5-10,13H,12H2,1-4H3,(H,26,28). The maximum Gasteiger partial charge on any atom is 0.267 e. The molecule has 0 aromatic heterocycles. The van der Waals surface area contributed by atoms with E-state index in [1.807, 2.05) is 32.0 Å². The first-order valence-corrected chi connectivity index (χ1v) is 9.87. The second-order valence-electron chi connectivity index (χ2n) is 7.44. The molecule has 2 amide bonds. The third-order valence-corrected chi connectivity index (χ3v) is 5.20. The molecule has 0 aliphatic carbocycles. The van der Waals surface area contributed by atoms with Crippen molar-refractivity contribution in [1.82, 2.24) is 0 Å². The lowest BCUT2D eigenvalue weighted by Crippen LogP contribution is -2.31. The fraction of sp³-hybridized carbons (Fsp3) is 0.261. The van der Waals surface area contributed by atoms with E-state index < -0.39 is 5.91 Å². The van der Waals surface area contributed by atoms with Crippen molar-refractivity contribution in [2.24, 2.45) is 5.92 Å². The van der Waals surface area contributed by atoms with Crippen molar-refractivity contribution in [2.45, 2.75) is 20.8 Å². The van der Waals surface area contributed by atoms with E-state index in [4.69, 9.17) is 16.3 Å². The van der Waals surface area contributed by atoms with Crippen LogP contribution in [-0.2, 0) is 9.59 Å². The van der Waals surface area contributed by atoms with Crippen LogP contribution in [0, 0.1) is 24.2 Å². The van der Waals surface area contributed by atoms with Crippen LogP contribution < -0.4 is 15.0 Å². The van der Waals surface area contributed by atoms with Crippen LogP contribution in [0.25, 0.3) is 5.57 Å². The molecule has 0 spiro atoms. The van der Waals surface area contributed by atoms with Crippen LogP contribution in [0.5, 0.6) is 5.75 Å². The van der Waals surface area contributed by atoms with Gasteiger partial charge in [-0.2, -0.15) is 5.26 Å². The first kappa shape index (κ1) is 21.4. The number of halogens is 1. The number of fused-ring (bicyclic) bond motifs is 1. The van der Waals surface area contributed by atoms with Gasteiger partial charge in [0, 0.05) is 23.2 Å². The Kier molecular flexibility index (Phi) is 6.14. The van der Waals surface area contributed by atoms with E-state index in [0.717, 1.165) is 5.56 Å². The normalized spacial score (nSPS) is 14.4. The summed E-state index contributed by atoms with van der Waals surface area (Å²) in [5.41, 5.74) is 2.25. The van der Waals surface area contributed by atoms with Gasteiger partial charge in [0.05, 0.1) is 24.1 Å². The van der Waals surface area contributed by atoms with E-state index >= 15 is 0 Å². The van der Waals surface area contributed by atoms with Gasteiger partial charge in [-0.3, -0.25) is 9.59 Å². The van der Waals surface area contributed by atoms with Gasteiger partial charge < -0.3 is 15.0 Å². The van der Waals surface area contributed by atoms with Crippen LogP contribution >= 0.6 is 11.6 Å². The lowest BCUT2D eigenvalue weighted by Gasteiger charge is -2.19. The molecule has 7 heteroatoms. The number of nitriles is 1. The van der Waals surface area contributed by atoms with Crippen molar-refractivity contribution >= 4 is 40.4 Å². The Bertz CT molecular complexity index is 1100. The summed E-state index contributed by atoms with van der Waals surface area (Å²) >= 11 is 6.12. The molecule has 0 bridgehead atoms. The van der Waals surface area contributed by atoms with E-state index in [1.165, 1.54) is 7.11 Å². The molecule has 2 aromatic rings. The predicted octanol–water partition coefficient (Wildman–Crippen LogP) is 4.58. The second-order valence-corrected chi connectivity index (χ2v) is 7.85. The Balaban J connectivity index is 2.07. The highest BCUT2D eigenvalue weighted by Gasteiger charge is 2.36. The lowest BCUT2D eigenvalue weighted by atomic mass is 10.0. The fourth-order valence-corrected chi connectivity index (χ4v) is 3.56. The number of aryl methyl sites for hydroxylation is 1. The summed E-state index contributed by atoms with van der Waals surface area (Å²) in [5, 5.41) is 13.0. The first-order valence-electron chi connectivity index (χ1n) is 9.49. The highest BCUT2D eigenvalue weighted by atomic mass is 35.5. The van der Waals surface area contributed by atoms with Crippen molar-refractivity contribution in [3.63, 3.8) is 0 Å². The molecular weight excluding hydrogens is 402 g/mol. The van der Waals surface area contributed by atoms with Crippen LogP contribution in [0.4, 0.5) is 11.4 Å². The number of hydrogen-bond acceptors (Lipinski definition) is 4. The number of methoxy groups -OCH3 is 1. The van der Waals surface area contributed by atoms with E-state index in [-0.39, 0.29) is 23.0 Å². The third-order valence-electron chi connectivity index (χ3n) is 4.79. The smallest absolute Gasteiger partial charge is 0.267 e. The number of para-hydroxylation sites is 1. The minimum absolute atomic E-state index is 0.107. The summed E-state index contributed by atoms with van der Waals surface area (Å²) in [5.74, 6) is -0.444. The number of ether oxygens (including phenoxy) is 1.